The first kappa shape index (κ1) is 14.5. The van der Waals surface area contributed by atoms with Gasteiger partial charge in [-0.2, -0.15) is 0 Å². The van der Waals surface area contributed by atoms with Crippen LogP contribution < -0.4 is 4.74 Å². The minimum atomic E-state index is -4.74. The van der Waals surface area contributed by atoms with Gasteiger partial charge in [0.1, 0.15) is 16.2 Å². The van der Waals surface area contributed by atoms with Gasteiger partial charge in [-0.05, 0) is 18.2 Å². The van der Waals surface area contributed by atoms with Crippen molar-refractivity contribution in [3.05, 3.63) is 40.8 Å². The van der Waals surface area contributed by atoms with Crippen LogP contribution in [0.3, 0.4) is 0 Å². The molecular weight excluding hydrogens is 289 g/mol. The van der Waals surface area contributed by atoms with Gasteiger partial charge in [-0.3, -0.25) is 0 Å². The molecule has 0 aliphatic carbocycles. The molecular formula is C13H11F3N2OS. The number of halogens is 3. The van der Waals surface area contributed by atoms with E-state index in [0.29, 0.717) is 22.6 Å². The molecule has 0 unspecified atom stereocenters. The first-order chi connectivity index (χ1) is 9.39. The quantitative estimate of drug-likeness (QED) is 0.860. The fraction of sp³-hybridized carbons (Fsp3) is 0.231. The molecule has 1 aromatic carbocycles. The van der Waals surface area contributed by atoms with E-state index < -0.39 is 6.36 Å². The second kappa shape index (κ2) is 5.62. The van der Waals surface area contributed by atoms with Crippen LogP contribution in [0.25, 0.3) is 11.3 Å². The number of rotatable bonds is 3. The summed E-state index contributed by atoms with van der Waals surface area (Å²) in [6.45, 7) is 1.87. The number of ether oxygens (including phenoxy) is 1. The fourth-order valence-electron chi connectivity index (χ4n) is 1.72. The van der Waals surface area contributed by atoms with Crippen molar-refractivity contribution in [1.82, 2.24) is 9.97 Å². The average Bonchev–Trinajstić information content (AvgIpc) is 2.36. The predicted molar refractivity (Wildman–Crippen MR) is 70.9 cm³/mol. The summed E-state index contributed by atoms with van der Waals surface area (Å²) in [5.74, 6) is 0.327. The number of aromatic amines is 1. The summed E-state index contributed by atoms with van der Waals surface area (Å²) in [4.78, 5) is 7.03. The molecule has 1 aromatic heterocycles. The third-order valence-corrected chi connectivity index (χ3v) is 2.74. The SMILES string of the molecule is CCc1nc(=S)cc(-c2ccccc2OC(F)(F)F)[nH]1. The van der Waals surface area contributed by atoms with E-state index in [9.17, 15) is 13.2 Å². The van der Waals surface area contributed by atoms with Gasteiger partial charge in [-0.1, -0.05) is 31.3 Å². The van der Waals surface area contributed by atoms with Gasteiger partial charge >= 0.3 is 6.36 Å². The van der Waals surface area contributed by atoms with Crippen LogP contribution >= 0.6 is 12.2 Å². The van der Waals surface area contributed by atoms with Crippen LogP contribution in [-0.2, 0) is 6.42 Å². The minimum Gasteiger partial charge on any atom is -0.405 e. The Kier molecular flexibility index (Phi) is 4.08. The van der Waals surface area contributed by atoms with Gasteiger partial charge in [0.25, 0.3) is 0 Å². The number of hydrogen-bond acceptors (Lipinski definition) is 3. The van der Waals surface area contributed by atoms with Gasteiger partial charge in [0, 0.05) is 12.0 Å². The van der Waals surface area contributed by atoms with E-state index in [4.69, 9.17) is 12.2 Å². The van der Waals surface area contributed by atoms with Crippen molar-refractivity contribution in [3.8, 4) is 17.0 Å². The molecule has 3 nitrogen and oxygen atoms in total. The lowest BCUT2D eigenvalue weighted by Gasteiger charge is -2.13. The van der Waals surface area contributed by atoms with E-state index in [2.05, 4.69) is 14.7 Å². The van der Waals surface area contributed by atoms with Gasteiger partial charge in [0.2, 0.25) is 0 Å². The van der Waals surface area contributed by atoms with Gasteiger partial charge in [0.05, 0.1) is 5.69 Å². The maximum Gasteiger partial charge on any atom is 0.573 e. The Bertz CT molecular complexity index is 667. The summed E-state index contributed by atoms with van der Waals surface area (Å²) in [5, 5.41) is 0. The van der Waals surface area contributed by atoms with Crippen LogP contribution in [0.2, 0.25) is 0 Å². The zero-order valence-corrected chi connectivity index (χ0v) is 11.3. The smallest absolute Gasteiger partial charge is 0.405 e. The molecule has 0 fully saturated rings. The minimum absolute atomic E-state index is 0.279. The highest BCUT2D eigenvalue weighted by molar-refractivity contribution is 7.71. The number of aromatic nitrogens is 2. The predicted octanol–water partition coefficient (Wildman–Crippen LogP) is 4.27. The second-order valence-corrected chi connectivity index (χ2v) is 4.40. The summed E-state index contributed by atoms with van der Waals surface area (Å²) in [6.07, 6.45) is -4.15. The molecule has 1 N–H and O–H groups in total. The monoisotopic (exact) mass is 300 g/mol. The maximum atomic E-state index is 12.4. The van der Waals surface area contributed by atoms with Gasteiger partial charge < -0.3 is 9.72 Å². The van der Waals surface area contributed by atoms with E-state index in [-0.39, 0.29) is 11.3 Å². The standard InChI is InChI=1S/C13H11F3N2OS/c1-2-11-17-9(7-12(20)18-11)8-5-3-4-6-10(8)19-13(14,15)16/h3-7H,2H2,1H3,(H,17,18,20). The van der Waals surface area contributed by atoms with E-state index in [1.807, 2.05) is 6.92 Å². The van der Waals surface area contributed by atoms with Crippen molar-refractivity contribution in [1.29, 1.82) is 0 Å². The normalized spacial score (nSPS) is 11.4. The van der Waals surface area contributed by atoms with Crippen LogP contribution in [0, 0.1) is 4.64 Å². The third-order valence-electron chi connectivity index (χ3n) is 2.53. The zero-order valence-electron chi connectivity index (χ0n) is 10.5. The van der Waals surface area contributed by atoms with Crippen molar-refractivity contribution in [2.24, 2.45) is 0 Å². The second-order valence-electron chi connectivity index (χ2n) is 3.98. The summed E-state index contributed by atoms with van der Waals surface area (Å²) in [5.41, 5.74) is 0.731. The van der Waals surface area contributed by atoms with E-state index in [0.717, 1.165) is 0 Å². The molecule has 106 valence electrons. The van der Waals surface area contributed by atoms with Crippen molar-refractivity contribution in [2.45, 2.75) is 19.7 Å². The maximum absolute atomic E-state index is 12.4. The highest BCUT2D eigenvalue weighted by atomic mass is 32.1. The Morgan fingerprint density at radius 1 is 1.30 bits per heavy atom. The Hall–Kier alpha value is -1.89. The van der Waals surface area contributed by atoms with Crippen LogP contribution in [0.1, 0.15) is 12.7 Å². The lowest BCUT2D eigenvalue weighted by Crippen LogP contribution is -2.17. The highest BCUT2D eigenvalue weighted by Gasteiger charge is 2.32. The zero-order chi connectivity index (χ0) is 14.8. The molecule has 0 atom stereocenters. The topological polar surface area (TPSA) is 37.9 Å². The van der Waals surface area contributed by atoms with Crippen molar-refractivity contribution in [3.63, 3.8) is 0 Å². The lowest BCUT2D eigenvalue weighted by molar-refractivity contribution is -0.274. The first-order valence-electron chi connectivity index (χ1n) is 5.84. The number of nitrogens with zero attached hydrogens (tertiary/aromatic N) is 1. The van der Waals surface area contributed by atoms with Crippen LogP contribution in [-0.4, -0.2) is 16.3 Å². The Morgan fingerprint density at radius 3 is 2.65 bits per heavy atom. The number of para-hydroxylation sites is 1. The molecule has 0 saturated heterocycles. The molecule has 0 saturated carbocycles. The molecule has 2 aromatic rings. The Morgan fingerprint density at radius 2 is 2.00 bits per heavy atom. The van der Waals surface area contributed by atoms with Gasteiger partial charge in [-0.15, -0.1) is 13.2 Å². The molecule has 0 aliphatic rings. The number of aryl methyl sites for hydroxylation is 1. The summed E-state index contributed by atoms with van der Waals surface area (Å²) < 4.78 is 41.5. The van der Waals surface area contributed by atoms with Crippen LogP contribution in [0.5, 0.6) is 5.75 Å². The number of alkyl halides is 3. The van der Waals surface area contributed by atoms with Crippen molar-refractivity contribution < 1.29 is 17.9 Å². The number of H-pyrrole nitrogens is 1. The fourth-order valence-corrected chi connectivity index (χ4v) is 1.95. The van der Waals surface area contributed by atoms with E-state index in [1.54, 1.807) is 6.07 Å². The highest BCUT2D eigenvalue weighted by Crippen LogP contribution is 2.32. The molecule has 0 radical (unpaired) electrons. The summed E-state index contributed by atoms with van der Waals surface area (Å²) in [7, 11) is 0. The Balaban J connectivity index is 2.53. The van der Waals surface area contributed by atoms with Gasteiger partial charge in [-0.25, -0.2) is 4.98 Å². The van der Waals surface area contributed by atoms with Crippen molar-refractivity contribution in [2.75, 3.05) is 0 Å². The van der Waals surface area contributed by atoms with Crippen LogP contribution in [0.4, 0.5) is 13.2 Å². The third kappa shape index (κ3) is 3.57. The van der Waals surface area contributed by atoms with Crippen LogP contribution in [0.15, 0.2) is 30.3 Å². The number of hydrogen-bond donors (Lipinski definition) is 1. The molecule has 20 heavy (non-hydrogen) atoms. The molecule has 2 rings (SSSR count). The van der Waals surface area contributed by atoms with Crippen molar-refractivity contribution >= 4 is 12.2 Å². The summed E-state index contributed by atoms with van der Waals surface area (Å²) in [6, 6.07) is 7.39. The Labute approximate surface area is 118 Å². The molecule has 0 bridgehead atoms. The number of benzene rings is 1. The van der Waals surface area contributed by atoms with E-state index in [1.165, 1.54) is 24.3 Å². The molecule has 0 spiro atoms. The van der Waals surface area contributed by atoms with Gasteiger partial charge in [0.15, 0.2) is 0 Å². The molecule has 7 heteroatoms. The summed E-state index contributed by atoms with van der Waals surface area (Å²) >= 11 is 5.01. The number of nitrogens with one attached hydrogen (secondary N) is 1. The lowest BCUT2D eigenvalue weighted by atomic mass is 10.1. The average molecular weight is 300 g/mol. The molecule has 1 heterocycles. The first-order valence-corrected chi connectivity index (χ1v) is 6.25. The largest absolute Gasteiger partial charge is 0.573 e. The van der Waals surface area contributed by atoms with E-state index >= 15 is 0 Å². The molecule has 0 aliphatic heterocycles. The molecule has 0 amide bonds.